The van der Waals surface area contributed by atoms with Crippen LogP contribution in [0.1, 0.15) is 5.56 Å². The third kappa shape index (κ3) is 2.14. The van der Waals surface area contributed by atoms with E-state index < -0.39 is 0 Å². The van der Waals surface area contributed by atoms with Gasteiger partial charge in [0.25, 0.3) is 5.91 Å². The lowest BCUT2D eigenvalue weighted by atomic mass is 10.2. The van der Waals surface area contributed by atoms with Crippen molar-refractivity contribution in [2.24, 2.45) is 5.73 Å². The van der Waals surface area contributed by atoms with Crippen LogP contribution >= 0.6 is 0 Å². The van der Waals surface area contributed by atoms with Crippen molar-refractivity contribution < 1.29 is 9.53 Å². The summed E-state index contributed by atoms with van der Waals surface area (Å²) in [6, 6.07) is 1.89. The summed E-state index contributed by atoms with van der Waals surface area (Å²) in [5, 5.41) is 0. The van der Waals surface area contributed by atoms with E-state index >= 15 is 0 Å². The zero-order chi connectivity index (χ0) is 10.7. The SMILES string of the molecule is NCc1cncc(N2CCOCC2=O)c1. The van der Waals surface area contributed by atoms with Gasteiger partial charge in [-0.15, -0.1) is 0 Å². The minimum Gasteiger partial charge on any atom is -0.370 e. The van der Waals surface area contributed by atoms with Gasteiger partial charge in [0.2, 0.25) is 0 Å². The van der Waals surface area contributed by atoms with Crippen LogP contribution in [0.15, 0.2) is 18.5 Å². The molecule has 0 spiro atoms. The Morgan fingerprint density at radius 3 is 3.13 bits per heavy atom. The molecule has 1 fully saturated rings. The third-order valence-electron chi connectivity index (χ3n) is 2.31. The zero-order valence-corrected chi connectivity index (χ0v) is 8.35. The standard InChI is InChI=1S/C10H13N3O2/c11-4-8-3-9(6-12-5-8)13-1-2-15-7-10(13)14/h3,5-6H,1-2,4,7,11H2. The molecule has 0 aliphatic carbocycles. The molecular formula is C10H13N3O2. The van der Waals surface area contributed by atoms with E-state index in [0.717, 1.165) is 11.3 Å². The van der Waals surface area contributed by atoms with E-state index in [1.807, 2.05) is 6.07 Å². The number of rotatable bonds is 2. The van der Waals surface area contributed by atoms with Crippen molar-refractivity contribution in [2.75, 3.05) is 24.7 Å². The first kappa shape index (κ1) is 10.1. The Balaban J connectivity index is 2.23. The number of carbonyl (C=O) groups excluding carboxylic acids is 1. The van der Waals surface area contributed by atoms with Crippen molar-refractivity contribution in [1.82, 2.24) is 4.98 Å². The van der Waals surface area contributed by atoms with Crippen LogP contribution < -0.4 is 10.6 Å². The first-order chi connectivity index (χ1) is 7.31. The first-order valence-corrected chi connectivity index (χ1v) is 4.83. The number of amides is 1. The molecule has 5 nitrogen and oxygen atoms in total. The van der Waals surface area contributed by atoms with Crippen LogP contribution in [0.3, 0.4) is 0 Å². The van der Waals surface area contributed by atoms with Crippen LogP contribution in [-0.2, 0) is 16.1 Å². The molecule has 0 saturated carbocycles. The molecule has 1 amide bonds. The molecule has 0 bridgehead atoms. The topological polar surface area (TPSA) is 68.4 Å². The quantitative estimate of drug-likeness (QED) is 0.735. The van der Waals surface area contributed by atoms with Gasteiger partial charge in [0.15, 0.2) is 0 Å². The van der Waals surface area contributed by atoms with E-state index in [4.69, 9.17) is 10.5 Å². The van der Waals surface area contributed by atoms with Gasteiger partial charge >= 0.3 is 0 Å². The zero-order valence-electron chi connectivity index (χ0n) is 8.35. The molecule has 15 heavy (non-hydrogen) atoms. The number of carbonyl (C=O) groups is 1. The summed E-state index contributed by atoms with van der Waals surface area (Å²) in [6.45, 7) is 1.72. The number of aromatic nitrogens is 1. The molecule has 0 aromatic carbocycles. The highest BCUT2D eigenvalue weighted by atomic mass is 16.5. The van der Waals surface area contributed by atoms with Gasteiger partial charge in [-0.2, -0.15) is 0 Å². The van der Waals surface area contributed by atoms with E-state index in [1.54, 1.807) is 17.3 Å². The summed E-state index contributed by atoms with van der Waals surface area (Å²) in [6.07, 6.45) is 3.37. The largest absolute Gasteiger partial charge is 0.370 e. The molecule has 0 radical (unpaired) electrons. The van der Waals surface area contributed by atoms with Crippen molar-refractivity contribution in [3.63, 3.8) is 0 Å². The lowest BCUT2D eigenvalue weighted by molar-refractivity contribution is -0.125. The van der Waals surface area contributed by atoms with Crippen LogP contribution in [0.25, 0.3) is 0 Å². The first-order valence-electron chi connectivity index (χ1n) is 4.83. The van der Waals surface area contributed by atoms with Crippen LogP contribution in [0.2, 0.25) is 0 Å². The molecular weight excluding hydrogens is 194 g/mol. The molecule has 80 valence electrons. The van der Waals surface area contributed by atoms with Crippen molar-refractivity contribution >= 4 is 11.6 Å². The number of morpholine rings is 1. The van der Waals surface area contributed by atoms with E-state index in [2.05, 4.69) is 4.98 Å². The normalized spacial score (nSPS) is 16.9. The fourth-order valence-corrected chi connectivity index (χ4v) is 1.52. The van der Waals surface area contributed by atoms with Crippen molar-refractivity contribution in [3.8, 4) is 0 Å². The summed E-state index contributed by atoms with van der Waals surface area (Å²) in [7, 11) is 0. The summed E-state index contributed by atoms with van der Waals surface area (Å²) >= 11 is 0. The minimum absolute atomic E-state index is 0.0304. The highest BCUT2D eigenvalue weighted by Gasteiger charge is 2.20. The average molecular weight is 207 g/mol. The number of pyridine rings is 1. The van der Waals surface area contributed by atoms with Crippen molar-refractivity contribution in [2.45, 2.75) is 6.54 Å². The lowest BCUT2D eigenvalue weighted by Crippen LogP contribution is -2.41. The van der Waals surface area contributed by atoms with Gasteiger partial charge in [-0.1, -0.05) is 0 Å². The van der Waals surface area contributed by atoms with Gasteiger partial charge < -0.3 is 15.4 Å². The Hall–Kier alpha value is -1.46. The number of anilines is 1. The van der Waals surface area contributed by atoms with E-state index in [-0.39, 0.29) is 12.5 Å². The fourth-order valence-electron chi connectivity index (χ4n) is 1.52. The number of nitrogens with two attached hydrogens (primary N) is 1. The maximum atomic E-state index is 11.5. The van der Waals surface area contributed by atoms with Crippen LogP contribution in [0.5, 0.6) is 0 Å². The highest BCUT2D eigenvalue weighted by Crippen LogP contribution is 2.16. The second-order valence-electron chi connectivity index (χ2n) is 3.35. The minimum atomic E-state index is -0.0304. The lowest BCUT2D eigenvalue weighted by Gasteiger charge is -2.26. The Labute approximate surface area is 87.8 Å². The average Bonchev–Trinajstić information content (AvgIpc) is 2.30. The van der Waals surface area contributed by atoms with Crippen LogP contribution in [-0.4, -0.2) is 30.6 Å². The van der Waals surface area contributed by atoms with Crippen LogP contribution in [0, 0.1) is 0 Å². The number of hydrogen-bond acceptors (Lipinski definition) is 4. The van der Waals surface area contributed by atoms with E-state index in [0.29, 0.717) is 19.7 Å². The molecule has 1 saturated heterocycles. The number of nitrogens with zero attached hydrogens (tertiary/aromatic N) is 2. The van der Waals surface area contributed by atoms with Gasteiger partial charge in [0.1, 0.15) is 6.61 Å². The van der Waals surface area contributed by atoms with Crippen molar-refractivity contribution in [1.29, 1.82) is 0 Å². The summed E-state index contributed by atoms with van der Waals surface area (Å²) in [4.78, 5) is 17.3. The molecule has 5 heteroatoms. The second kappa shape index (κ2) is 4.37. The molecule has 2 N–H and O–H groups in total. The summed E-state index contributed by atoms with van der Waals surface area (Å²) < 4.78 is 5.05. The molecule has 0 atom stereocenters. The van der Waals surface area contributed by atoms with Gasteiger partial charge in [-0.3, -0.25) is 9.78 Å². The summed E-state index contributed by atoms with van der Waals surface area (Å²) in [5.74, 6) is -0.0304. The monoisotopic (exact) mass is 207 g/mol. The van der Waals surface area contributed by atoms with E-state index in [9.17, 15) is 4.79 Å². The fraction of sp³-hybridized carbons (Fsp3) is 0.400. The Morgan fingerprint density at radius 1 is 1.53 bits per heavy atom. The Bertz CT molecular complexity index is 367. The second-order valence-corrected chi connectivity index (χ2v) is 3.35. The molecule has 1 aliphatic heterocycles. The van der Waals surface area contributed by atoms with Gasteiger partial charge in [-0.05, 0) is 11.6 Å². The molecule has 2 rings (SSSR count). The van der Waals surface area contributed by atoms with E-state index in [1.165, 1.54) is 0 Å². The molecule has 2 heterocycles. The van der Waals surface area contributed by atoms with Crippen LogP contribution in [0.4, 0.5) is 5.69 Å². The molecule has 1 aromatic rings. The third-order valence-corrected chi connectivity index (χ3v) is 2.31. The summed E-state index contributed by atoms with van der Waals surface area (Å²) in [5.41, 5.74) is 7.24. The molecule has 0 unspecified atom stereocenters. The highest BCUT2D eigenvalue weighted by molar-refractivity contribution is 5.94. The Morgan fingerprint density at radius 2 is 2.40 bits per heavy atom. The maximum absolute atomic E-state index is 11.5. The molecule has 1 aromatic heterocycles. The molecule has 1 aliphatic rings. The van der Waals surface area contributed by atoms with Gasteiger partial charge in [0.05, 0.1) is 18.5 Å². The predicted molar refractivity (Wildman–Crippen MR) is 55.3 cm³/mol. The van der Waals surface area contributed by atoms with Gasteiger partial charge in [-0.25, -0.2) is 0 Å². The van der Waals surface area contributed by atoms with Gasteiger partial charge in [0, 0.05) is 19.3 Å². The van der Waals surface area contributed by atoms with Crippen molar-refractivity contribution in [3.05, 3.63) is 24.0 Å². The predicted octanol–water partition coefficient (Wildman–Crippen LogP) is -0.0965. The Kier molecular flexibility index (Phi) is 2.94. The number of ether oxygens (including phenoxy) is 1. The smallest absolute Gasteiger partial charge is 0.253 e. The number of hydrogen-bond donors (Lipinski definition) is 1. The maximum Gasteiger partial charge on any atom is 0.253 e.